The molecule has 1 aromatic carbocycles. The molecule has 7 heteroatoms. The number of aromatic amines is 1. The zero-order valence-electron chi connectivity index (χ0n) is 11.1. The Bertz CT molecular complexity index is 726. The fraction of sp³-hybridized carbons (Fsp3) is 0.286. The van der Waals surface area contributed by atoms with E-state index in [1.165, 1.54) is 6.07 Å². The quantitative estimate of drug-likeness (QED) is 0.752. The molecule has 1 atom stereocenters. The second-order valence-corrected chi connectivity index (χ2v) is 5.82. The number of carbonyl (C=O) groups is 1. The fourth-order valence-electron chi connectivity index (χ4n) is 2.45. The number of amides is 1. The number of halogens is 2. The van der Waals surface area contributed by atoms with E-state index in [0.717, 1.165) is 29.4 Å². The van der Waals surface area contributed by atoms with Gasteiger partial charge in [-0.15, -0.1) is 12.4 Å². The van der Waals surface area contributed by atoms with Crippen LogP contribution in [0.4, 0.5) is 0 Å². The van der Waals surface area contributed by atoms with Gasteiger partial charge in [-0.1, -0.05) is 15.9 Å². The second-order valence-electron chi connectivity index (χ2n) is 4.90. The first-order valence-corrected chi connectivity index (χ1v) is 7.27. The third kappa shape index (κ3) is 3.45. The Morgan fingerprint density at radius 1 is 1.33 bits per heavy atom. The average Bonchev–Trinajstić information content (AvgIpc) is 2.91. The molecule has 3 N–H and O–H groups in total. The number of rotatable bonds is 2. The molecule has 1 aliphatic heterocycles. The molecule has 1 amide bonds. The minimum absolute atomic E-state index is 0. The molecule has 0 aliphatic carbocycles. The molecule has 5 nitrogen and oxygen atoms in total. The van der Waals surface area contributed by atoms with E-state index in [2.05, 4.69) is 31.5 Å². The summed E-state index contributed by atoms with van der Waals surface area (Å²) in [7, 11) is 0. The van der Waals surface area contributed by atoms with Gasteiger partial charge in [0.1, 0.15) is 0 Å². The van der Waals surface area contributed by atoms with Crippen LogP contribution >= 0.6 is 28.3 Å². The van der Waals surface area contributed by atoms with Gasteiger partial charge in [0.05, 0.1) is 5.56 Å². The van der Waals surface area contributed by atoms with Crippen molar-refractivity contribution < 1.29 is 4.79 Å². The lowest BCUT2D eigenvalue weighted by Gasteiger charge is -2.12. The summed E-state index contributed by atoms with van der Waals surface area (Å²) in [4.78, 5) is 26.8. The van der Waals surface area contributed by atoms with Gasteiger partial charge in [-0.25, -0.2) is 0 Å². The van der Waals surface area contributed by atoms with Crippen molar-refractivity contribution in [2.45, 2.75) is 12.5 Å². The van der Waals surface area contributed by atoms with E-state index in [9.17, 15) is 9.59 Å². The van der Waals surface area contributed by atoms with Crippen LogP contribution in [0.1, 0.15) is 16.8 Å². The maximum Gasteiger partial charge on any atom is 0.252 e. The van der Waals surface area contributed by atoms with E-state index in [0.29, 0.717) is 11.1 Å². The molecule has 112 valence electrons. The maximum absolute atomic E-state index is 12.4. The van der Waals surface area contributed by atoms with E-state index >= 15 is 0 Å². The zero-order valence-corrected chi connectivity index (χ0v) is 13.5. The molecule has 1 saturated heterocycles. The molecular weight excluding hydrogens is 358 g/mol. The molecular formula is C14H15BrClN3O2. The molecule has 0 radical (unpaired) electrons. The van der Waals surface area contributed by atoms with Crippen molar-refractivity contribution in [1.29, 1.82) is 0 Å². The summed E-state index contributed by atoms with van der Waals surface area (Å²) in [5.41, 5.74) is 0.807. The summed E-state index contributed by atoms with van der Waals surface area (Å²) in [5.74, 6) is -0.201. The molecule has 1 unspecified atom stereocenters. The Kier molecular flexibility index (Phi) is 5.03. The zero-order chi connectivity index (χ0) is 14.1. The number of aromatic nitrogens is 1. The number of benzene rings is 1. The Balaban J connectivity index is 0.00000161. The molecule has 0 spiro atoms. The highest BCUT2D eigenvalue weighted by molar-refractivity contribution is 9.10. The molecule has 2 heterocycles. The van der Waals surface area contributed by atoms with Crippen LogP contribution < -0.4 is 16.2 Å². The number of fused-ring (bicyclic) bond motifs is 1. The highest BCUT2D eigenvalue weighted by Crippen LogP contribution is 2.20. The number of pyridine rings is 1. The van der Waals surface area contributed by atoms with Gasteiger partial charge >= 0.3 is 0 Å². The van der Waals surface area contributed by atoms with Gasteiger partial charge in [-0.05, 0) is 31.2 Å². The first-order chi connectivity index (χ1) is 9.63. The standard InChI is InChI=1S/C14H14BrN3O2.ClH/c15-8-1-2-12-10(5-8)11(6-13(19)18-12)14(20)17-9-3-4-16-7-9;/h1-2,5-6,9,16H,3-4,7H2,(H,17,20)(H,18,19);1H. The van der Waals surface area contributed by atoms with Gasteiger partial charge in [-0.3, -0.25) is 9.59 Å². The van der Waals surface area contributed by atoms with Crippen LogP contribution in [-0.4, -0.2) is 30.0 Å². The molecule has 21 heavy (non-hydrogen) atoms. The first kappa shape index (κ1) is 16.0. The van der Waals surface area contributed by atoms with Gasteiger partial charge < -0.3 is 15.6 Å². The molecule has 1 aliphatic rings. The number of carbonyl (C=O) groups excluding carboxylic acids is 1. The van der Waals surface area contributed by atoms with E-state index in [-0.39, 0.29) is 29.9 Å². The summed E-state index contributed by atoms with van der Waals surface area (Å²) >= 11 is 3.39. The number of hydrogen-bond donors (Lipinski definition) is 3. The lowest BCUT2D eigenvalue weighted by atomic mass is 10.1. The highest BCUT2D eigenvalue weighted by atomic mass is 79.9. The summed E-state index contributed by atoms with van der Waals surface area (Å²) in [6.07, 6.45) is 0.913. The van der Waals surface area contributed by atoms with Crippen molar-refractivity contribution in [2.75, 3.05) is 13.1 Å². The van der Waals surface area contributed by atoms with E-state index in [1.807, 2.05) is 12.1 Å². The lowest BCUT2D eigenvalue weighted by molar-refractivity contribution is 0.0941. The third-order valence-corrected chi connectivity index (χ3v) is 3.94. The van der Waals surface area contributed by atoms with E-state index in [1.54, 1.807) is 6.07 Å². The van der Waals surface area contributed by atoms with Crippen LogP contribution in [0, 0.1) is 0 Å². The normalized spacial score (nSPS) is 17.5. The van der Waals surface area contributed by atoms with Gasteiger partial charge in [0, 0.05) is 34.0 Å². The Hall–Kier alpha value is -1.37. The minimum Gasteiger partial charge on any atom is -0.348 e. The molecule has 0 bridgehead atoms. The van der Waals surface area contributed by atoms with Crippen molar-refractivity contribution in [2.24, 2.45) is 0 Å². The van der Waals surface area contributed by atoms with E-state index < -0.39 is 0 Å². The Morgan fingerprint density at radius 3 is 2.86 bits per heavy atom. The van der Waals surface area contributed by atoms with Gasteiger partial charge in [-0.2, -0.15) is 0 Å². The maximum atomic E-state index is 12.4. The largest absolute Gasteiger partial charge is 0.348 e. The van der Waals surface area contributed by atoms with Crippen LogP contribution in [0.5, 0.6) is 0 Å². The van der Waals surface area contributed by atoms with Crippen molar-refractivity contribution in [3.8, 4) is 0 Å². The molecule has 3 rings (SSSR count). The van der Waals surface area contributed by atoms with Gasteiger partial charge in [0.2, 0.25) is 5.56 Å². The lowest BCUT2D eigenvalue weighted by Crippen LogP contribution is -2.36. The summed E-state index contributed by atoms with van der Waals surface area (Å²) in [5, 5.41) is 6.90. The monoisotopic (exact) mass is 371 g/mol. The fourth-order valence-corrected chi connectivity index (χ4v) is 2.82. The third-order valence-electron chi connectivity index (χ3n) is 3.45. The summed E-state index contributed by atoms with van der Waals surface area (Å²) in [6, 6.07) is 6.94. The van der Waals surface area contributed by atoms with Crippen molar-refractivity contribution in [1.82, 2.24) is 15.6 Å². The van der Waals surface area contributed by atoms with Crippen molar-refractivity contribution >= 4 is 45.1 Å². The van der Waals surface area contributed by atoms with Gasteiger partial charge in [0.25, 0.3) is 5.91 Å². The van der Waals surface area contributed by atoms with Crippen LogP contribution in [0.2, 0.25) is 0 Å². The Morgan fingerprint density at radius 2 is 2.14 bits per heavy atom. The summed E-state index contributed by atoms with van der Waals surface area (Å²) < 4.78 is 0.869. The summed E-state index contributed by atoms with van der Waals surface area (Å²) in [6.45, 7) is 1.68. The predicted molar refractivity (Wildman–Crippen MR) is 88.3 cm³/mol. The average molecular weight is 373 g/mol. The van der Waals surface area contributed by atoms with Crippen LogP contribution in [0.25, 0.3) is 10.9 Å². The smallest absolute Gasteiger partial charge is 0.252 e. The van der Waals surface area contributed by atoms with E-state index in [4.69, 9.17) is 0 Å². The van der Waals surface area contributed by atoms with Gasteiger partial charge in [0.15, 0.2) is 0 Å². The number of hydrogen-bond acceptors (Lipinski definition) is 3. The molecule has 0 saturated carbocycles. The molecule has 2 aromatic rings. The first-order valence-electron chi connectivity index (χ1n) is 6.47. The number of nitrogens with one attached hydrogen (secondary N) is 3. The molecule has 1 fully saturated rings. The SMILES string of the molecule is Cl.O=C(NC1CCNC1)c1cc(=O)[nH]c2ccc(Br)cc12. The van der Waals surface area contributed by atoms with Crippen LogP contribution in [0.3, 0.4) is 0 Å². The minimum atomic E-state index is -0.269. The van der Waals surface area contributed by atoms with Crippen LogP contribution in [-0.2, 0) is 0 Å². The topological polar surface area (TPSA) is 74.0 Å². The van der Waals surface area contributed by atoms with Crippen molar-refractivity contribution in [3.05, 3.63) is 44.7 Å². The molecule has 1 aromatic heterocycles. The van der Waals surface area contributed by atoms with Crippen molar-refractivity contribution in [3.63, 3.8) is 0 Å². The van der Waals surface area contributed by atoms with Crippen LogP contribution in [0.15, 0.2) is 33.5 Å². The predicted octanol–water partition coefficient (Wildman–Crippen LogP) is 1.80. The number of H-pyrrole nitrogens is 1. The Labute approximate surface area is 136 Å². The highest BCUT2D eigenvalue weighted by Gasteiger charge is 2.19. The second kappa shape index (κ2) is 6.60.